The molecule has 1 heterocycles. The monoisotopic (exact) mass is 382 g/mol. The van der Waals surface area contributed by atoms with E-state index in [4.69, 9.17) is 0 Å². The number of para-hydroxylation sites is 1. The van der Waals surface area contributed by atoms with Gasteiger partial charge in [0.2, 0.25) is 0 Å². The Bertz CT molecular complexity index is 741. The molecule has 0 bridgehead atoms. The van der Waals surface area contributed by atoms with Crippen LogP contribution < -0.4 is 4.90 Å². The van der Waals surface area contributed by atoms with Gasteiger partial charge in [-0.15, -0.1) is 6.58 Å². The number of hydrogen-bond acceptors (Lipinski definition) is 3. The van der Waals surface area contributed by atoms with Crippen LogP contribution in [-0.4, -0.2) is 42.7 Å². The van der Waals surface area contributed by atoms with Crippen LogP contribution in [0.1, 0.15) is 31.2 Å². The van der Waals surface area contributed by atoms with Crippen molar-refractivity contribution in [3.8, 4) is 0 Å². The fraction of sp³-hybridized carbons (Fsp3) is 0.417. The first-order chi connectivity index (χ1) is 13.5. The first-order valence-corrected chi connectivity index (χ1v) is 10.1. The van der Waals surface area contributed by atoms with Crippen LogP contribution in [0.5, 0.6) is 0 Å². The van der Waals surface area contributed by atoms with Gasteiger partial charge in [0.15, 0.2) is 0 Å². The van der Waals surface area contributed by atoms with Gasteiger partial charge in [-0.3, -0.25) is 0 Å². The molecule has 1 aliphatic rings. The normalized spacial score (nSPS) is 17.5. The first kappa shape index (κ1) is 20.6. The van der Waals surface area contributed by atoms with Gasteiger partial charge in [-0.2, -0.15) is 0 Å². The Kier molecular flexibility index (Phi) is 6.87. The third-order valence-electron chi connectivity index (χ3n) is 5.95. The largest absolute Gasteiger partial charge is 0.385 e. The van der Waals surface area contributed by atoms with Crippen molar-refractivity contribution in [1.29, 1.82) is 0 Å². The minimum atomic E-state index is -1.01. The van der Waals surface area contributed by atoms with Crippen molar-refractivity contribution in [3.05, 3.63) is 78.6 Å². The van der Waals surface area contributed by atoms with Crippen molar-refractivity contribution in [1.82, 2.24) is 4.90 Å². The quantitative estimate of drug-likeness (QED) is 0.677. The smallest absolute Gasteiger partial charge is 0.123 e. The molecule has 1 atom stereocenters. The third-order valence-corrected chi connectivity index (χ3v) is 5.95. The summed E-state index contributed by atoms with van der Waals surface area (Å²) in [5.74, 6) is -0.285. The Hall–Kier alpha value is -2.17. The molecule has 3 rings (SSSR count). The second-order valence-corrected chi connectivity index (χ2v) is 7.82. The molecule has 1 aliphatic heterocycles. The van der Waals surface area contributed by atoms with Crippen LogP contribution in [0.25, 0.3) is 0 Å². The lowest BCUT2D eigenvalue weighted by Crippen LogP contribution is -2.44. The van der Waals surface area contributed by atoms with Gasteiger partial charge >= 0.3 is 0 Å². The zero-order valence-electron chi connectivity index (χ0n) is 16.7. The molecular formula is C24H31FN2O. The van der Waals surface area contributed by atoms with Crippen molar-refractivity contribution in [2.45, 2.75) is 37.3 Å². The maximum absolute atomic E-state index is 13.3. The maximum atomic E-state index is 13.3. The van der Waals surface area contributed by atoms with Gasteiger partial charge in [0.1, 0.15) is 5.82 Å². The molecule has 1 saturated heterocycles. The van der Waals surface area contributed by atoms with E-state index in [1.54, 1.807) is 18.2 Å². The zero-order valence-corrected chi connectivity index (χ0v) is 16.7. The van der Waals surface area contributed by atoms with E-state index in [0.717, 1.165) is 38.0 Å². The van der Waals surface area contributed by atoms with E-state index in [1.807, 2.05) is 0 Å². The molecule has 0 spiro atoms. The summed E-state index contributed by atoms with van der Waals surface area (Å²) in [5, 5.41) is 11.2. The van der Waals surface area contributed by atoms with Crippen LogP contribution in [0.2, 0.25) is 0 Å². The highest BCUT2D eigenvalue weighted by Crippen LogP contribution is 2.30. The van der Waals surface area contributed by atoms with Gasteiger partial charge in [-0.1, -0.05) is 36.4 Å². The fourth-order valence-corrected chi connectivity index (χ4v) is 4.11. The lowest BCUT2D eigenvalue weighted by molar-refractivity contribution is 0.0172. The molecule has 0 amide bonds. The number of aliphatic hydroxyl groups is 1. The number of rotatable bonds is 8. The van der Waals surface area contributed by atoms with E-state index in [9.17, 15) is 9.50 Å². The zero-order chi connectivity index (χ0) is 20.0. The molecule has 3 nitrogen and oxygen atoms in total. The lowest BCUT2D eigenvalue weighted by atomic mass is 9.86. The molecule has 1 unspecified atom stereocenters. The van der Waals surface area contributed by atoms with Crippen LogP contribution >= 0.6 is 0 Å². The average Bonchev–Trinajstić information content (AvgIpc) is 2.73. The number of hydrogen-bond donors (Lipinski definition) is 1. The van der Waals surface area contributed by atoms with Crippen LogP contribution in [0.4, 0.5) is 10.1 Å². The molecule has 0 saturated carbocycles. The SMILES string of the molecule is C=CCC(O)(CCN(C)C1CCN(c2ccccc2)CC1)c1ccc(F)cc1. The summed E-state index contributed by atoms with van der Waals surface area (Å²) in [5.41, 5.74) is 1.04. The Labute approximate surface area is 168 Å². The van der Waals surface area contributed by atoms with Gasteiger partial charge in [0.25, 0.3) is 0 Å². The summed E-state index contributed by atoms with van der Waals surface area (Å²) < 4.78 is 13.3. The molecule has 1 N–H and O–H groups in total. The molecular weight excluding hydrogens is 351 g/mol. The van der Waals surface area contributed by atoms with E-state index in [-0.39, 0.29) is 5.82 Å². The number of anilines is 1. The van der Waals surface area contributed by atoms with Gasteiger partial charge in [0, 0.05) is 31.4 Å². The van der Waals surface area contributed by atoms with Crippen LogP contribution in [-0.2, 0) is 5.60 Å². The van der Waals surface area contributed by atoms with E-state index < -0.39 is 5.60 Å². The first-order valence-electron chi connectivity index (χ1n) is 10.1. The van der Waals surface area contributed by atoms with Gasteiger partial charge < -0.3 is 14.9 Å². The minimum Gasteiger partial charge on any atom is -0.385 e. The van der Waals surface area contributed by atoms with E-state index >= 15 is 0 Å². The summed E-state index contributed by atoms with van der Waals surface area (Å²) in [4.78, 5) is 4.80. The molecule has 0 aromatic heterocycles. The Morgan fingerprint density at radius 3 is 2.39 bits per heavy atom. The molecule has 150 valence electrons. The molecule has 2 aromatic rings. The van der Waals surface area contributed by atoms with E-state index in [0.29, 0.717) is 18.9 Å². The standard InChI is InChI=1S/C24H31FN2O/c1-3-15-24(28,20-9-11-21(25)12-10-20)16-19-26(2)22-13-17-27(18-14-22)23-7-5-4-6-8-23/h3-12,22,28H,1,13-19H2,2H3. The Morgan fingerprint density at radius 1 is 1.14 bits per heavy atom. The van der Waals surface area contributed by atoms with Crippen molar-refractivity contribution >= 4 is 5.69 Å². The lowest BCUT2D eigenvalue weighted by Gasteiger charge is -2.39. The highest BCUT2D eigenvalue weighted by Gasteiger charge is 2.30. The molecule has 0 radical (unpaired) electrons. The summed E-state index contributed by atoms with van der Waals surface area (Å²) >= 11 is 0. The minimum absolute atomic E-state index is 0.285. The highest BCUT2D eigenvalue weighted by molar-refractivity contribution is 5.46. The number of halogens is 1. The second kappa shape index (κ2) is 9.35. The number of benzene rings is 2. The Balaban J connectivity index is 1.56. The molecule has 28 heavy (non-hydrogen) atoms. The summed E-state index contributed by atoms with van der Waals surface area (Å²) in [7, 11) is 2.14. The highest BCUT2D eigenvalue weighted by atomic mass is 19.1. The average molecular weight is 383 g/mol. The third kappa shape index (κ3) is 5.00. The van der Waals surface area contributed by atoms with Crippen molar-refractivity contribution in [2.75, 3.05) is 31.6 Å². The summed E-state index contributed by atoms with van der Waals surface area (Å²) in [6.07, 6.45) is 5.02. The van der Waals surface area contributed by atoms with Crippen LogP contribution in [0, 0.1) is 5.82 Å². The van der Waals surface area contributed by atoms with Gasteiger partial charge in [-0.25, -0.2) is 4.39 Å². The summed E-state index contributed by atoms with van der Waals surface area (Å²) in [6.45, 7) is 6.68. The fourth-order valence-electron chi connectivity index (χ4n) is 4.11. The molecule has 0 aliphatic carbocycles. The van der Waals surface area contributed by atoms with Crippen LogP contribution in [0.15, 0.2) is 67.3 Å². The predicted molar refractivity (Wildman–Crippen MR) is 114 cm³/mol. The Morgan fingerprint density at radius 2 is 1.79 bits per heavy atom. The van der Waals surface area contributed by atoms with Crippen molar-refractivity contribution in [2.24, 2.45) is 0 Å². The van der Waals surface area contributed by atoms with E-state index in [1.165, 1.54) is 17.8 Å². The molecule has 1 fully saturated rings. The van der Waals surface area contributed by atoms with Gasteiger partial charge in [-0.05, 0) is 62.6 Å². The second-order valence-electron chi connectivity index (χ2n) is 7.82. The van der Waals surface area contributed by atoms with Gasteiger partial charge in [0.05, 0.1) is 5.60 Å². The molecule has 4 heteroatoms. The summed E-state index contributed by atoms with van der Waals surface area (Å²) in [6, 6.07) is 17.3. The van der Waals surface area contributed by atoms with Crippen molar-refractivity contribution < 1.29 is 9.50 Å². The number of piperidine rings is 1. The maximum Gasteiger partial charge on any atom is 0.123 e. The predicted octanol–water partition coefficient (Wildman–Crippen LogP) is 4.58. The van der Waals surface area contributed by atoms with E-state index in [2.05, 4.69) is 53.8 Å². The number of nitrogens with zero attached hydrogens (tertiary/aromatic N) is 2. The van der Waals surface area contributed by atoms with Crippen LogP contribution in [0.3, 0.4) is 0 Å². The van der Waals surface area contributed by atoms with Crippen molar-refractivity contribution in [3.63, 3.8) is 0 Å². The molecule has 2 aromatic carbocycles. The topological polar surface area (TPSA) is 26.7 Å².